The summed E-state index contributed by atoms with van der Waals surface area (Å²) in [5.74, 6) is 0. The molecule has 4 N–H and O–H groups in total. The molecule has 1 aromatic carbocycles. The monoisotopic (exact) mass is 286 g/mol. The Balaban J connectivity index is 3.33. The fourth-order valence-corrected chi connectivity index (χ4v) is 1.64. The fourth-order valence-electron chi connectivity index (χ4n) is 1.64. The first-order valence-electron chi connectivity index (χ1n) is 5.31. The van der Waals surface area contributed by atoms with Crippen LogP contribution in [0.15, 0.2) is 18.2 Å². The molecule has 0 aromatic heterocycles. The summed E-state index contributed by atoms with van der Waals surface area (Å²) in [7, 11) is 0. The molecule has 0 aliphatic rings. The molecule has 0 saturated heterocycles. The van der Waals surface area contributed by atoms with Gasteiger partial charge in [-0.25, -0.2) is 0 Å². The van der Waals surface area contributed by atoms with Crippen LogP contribution in [0.3, 0.4) is 0 Å². The van der Waals surface area contributed by atoms with E-state index in [0.717, 1.165) is 6.07 Å². The molecule has 0 unspecified atom stereocenters. The number of benzene rings is 1. The lowest BCUT2D eigenvalue weighted by molar-refractivity contribution is -0.143. The molecule has 0 bridgehead atoms. The number of rotatable bonds is 3. The highest BCUT2D eigenvalue weighted by atomic mass is 19.4. The topological polar surface area (TPSA) is 52.0 Å². The van der Waals surface area contributed by atoms with Crippen LogP contribution in [-0.2, 0) is 12.4 Å². The molecule has 0 saturated carbocycles. The van der Waals surface area contributed by atoms with E-state index in [1.807, 2.05) is 0 Å². The summed E-state index contributed by atoms with van der Waals surface area (Å²) in [6.07, 6.45) is -9.69. The van der Waals surface area contributed by atoms with Gasteiger partial charge in [0, 0.05) is 6.04 Å². The molecule has 108 valence electrons. The van der Waals surface area contributed by atoms with Crippen molar-refractivity contribution in [2.75, 3.05) is 6.54 Å². The van der Waals surface area contributed by atoms with Gasteiger partial charge in [0.1, 0.15) is 0 Å². The van der Waals surface area contributed by atoms with Gasteiger partial charge >= 0.3 is 12.4 Å². The minimum atomic E-state index is -4.90. The average molecular weight is 286 g/mol. The quantitative estimate of drug-likeness (QED) is 0.839. The van der Waals surface area contributed by atoms with Crippen molar-refractivity contribution < 1.29 is 26.3 Å². The van der Waals surface area contributed by atoms with Gasteiger partial charge in [0.15, 0.2) is 0 Å². The Kier molecular flexibility index (Phi) is 4.46. The van der Waals surface area contributed by atoms with E-state index in [2.05, 4.69) is 0 Å². The highest BCUT2D eigenvalue weighted by Crippen LogP contribution is 2.39. The molecule has 8 heteroatoms. The van der Waals surface area contributed by atoms with Crippen LogP contribution in [0.1, 0.15) is 29.2 Å². The maximum absolute atomic E-state index is 12.8. The van der Waals surface area contributed by atoms with Crippen molar-refractivity contribution in [3.63, 3.8) is 0 Å². The Hall–Kier alpha value is -1.28. The standard InChI is InChI=1S/C11H12F6N2/c12-10(13,14)6-1-2-7(9(19)3-4-18)8(5-6)11(15,16)17/h1-2,5,9H,3-4,18-19H2/t9-/m0/s1. The number of nitrogens with two attached hydrogens (primary N) is 2. The van der Waals surface area contributed by atoms with Crippen molar-refractivity contribution in [3.8, 4) is 0 Å². The molecule has 1 rings (SSSR count). The Morgan fingerprint density at radius 2 is 1.58 bits per heavy atom. The predicted molar refractivity (Wildman–Crippen MR) is 57.0 cm³/mol. The molecular weight excluding hydrogens is 274 g/mol. The first kappa shape index (κ1) is 15.8. The molecule has 19 heavy (non-hydrogen) atoms. The number of halogens is 6. The van der Waals surface area contributed by atoms with Crippen LogP contribution >= 0.6 is 0 Å². The lowest BCUT2D eigenvalue weighted by atomic mass is 9.96. The molecule has 2 nitrogen and oxygen atoms in total. The highest BCUT2D eigenvalue weighted by molar-refractivity contribution is 5.37. The molecule has 0 spiro atoms. The van der Waals surface area contributed by atoms with Gasteiger partial charge in [-0.05, 0) is 30.7 Å². The van der Waals surface area contributed by atoms with Crippen LogP contribution < -0.4 is 11.5 Å². The minimum absolute atomic E-state index is 0.0412. The van der Waals surface area contributed by atoms with Crippen molar-refractivity contribution in [3.05, 3.63) is 34.9 Å². The molecule has 0 heterocycles. The van der Waals surface area contributed by atoms with Gasteiger partial charge in [-0.3, -0.25) is 0 Å². The summed E-state index contributed by atoms with van der Waals surface area (Å²) in [6.45, 7) is 0.0412. The zero-order valence-corrected chi connectivity index (χ0v) is 9.65. The second kappa shape index (κ2) is 5.38. The first-order chi connectivity index (χ1) is 8.57. The van der Waals surface area contributed by atoms with Crippen LogP contribution in [0.2, 0.25) is 0 Å². The van der Waals surface area contributed by atoms with E-state index in [1.54, 1.807) is 0 Å². The maximum atomic E-state index is 12.8. The highest BCUT2D eigenvalue weighted by Gasteiger charge is 2.38. The normalized spacial score (nSPS) is 14.5. The zero-order chi connectivity index (χ0) is 14.8. The number of hydrogen-bond donors (Lipinski definition) is 2. The van der Waals surface area contributed by atoms with Crippen molar-refractivity contribution >= 4 is 0 Å². The predicted octanol–water partition coefficient (Wildman–Crippen LogP) is 3.07. The molecule has 1 atom stereocenters. The van der Waals surface area contributed by atoms with Gasteiger partial charge in [-0.1, -0.05) is 6.07 Å². The lowest BCUT2D eigenvalue weighted by Gasteiger charge is -2.19. The summed E-state index contributed by atoms with van der Waals surface area (Å²) in [6, 6.07) is 0.363. The van der Waals surface area contributed by atoms with Crippen LogP contribution in [0.4, 0.5) is 26.3 Å². The molecular formula is C11H12F6N2. The summed E-state index contributed by atoms with van der Waals surface area (Å²) in [5.41, 5.74) is 7.57. The SMILES string of the molecule is NCC[C@H](N)c1ccc(C(F)(F)F)cc1C(F)(F)F. The van der Waals surface area contributed by atoms with Crippen molar-refractivity contribution in [1.82, 2.24) is 0 Å². The Morgan fingerprint density at radius 1 is 1.00 bits per heavy atom. The summed E-state index contributed by atoms with van der Waals surface area (Å²) >= 11 is 0. The summed E-state index contributed by atoms with van der Waals surface area (Å²) in [5, 5.41) is 0. The van der Waals surface area contributed by atoms with Crippen LogP contribution in [-0.4, -0.2) is 6.54 Å². The average Bonchev–Trinajstić information content (AvgIpc) is 2.26. The second-order valence-electron chi connectivity index (χ2n) is 3.98. The third-order valence-electron chi connectivity index (χ3n) is 2.56. The van der Waals surface area contributed by atoms with Gasteiger partial charge in [-0.15, -0.1) is 0 Å². The van der Waals surface area contributed by atoms with Gasteiger partial charge in [0.2, 0.25) is 0 Å². The fraction of sp³-hybridized carbons (Fsp3) is 0.455. The summed E-state index contributed by atoms with van der Waals surface area (Å²) in [4.78, 5) is 0. The second-order valence-corrected chi connectivity index (χ2v) is 3.98. The smallest absolute Gasteiger partial charge is 0.330 e. The van der Waals surface area contributed by atoms with Crippen molar-refractivity contribution in [2.24, 2.45) is 11.5 Å². The lowest BCUT2D eigenvalue weighted by Crippen LogP contribution is -2.21. The van der Waals surface area contributed by atoms with Crippen molar-refractivity contribution in [2.45, 2.75) is 24.8 Å². The van der Waals surface area contributed by atoms with Gasteiger partial charge in [-0.2, -0.15) is 26.3 Å². The molecule has 0 aliphatic heterocycles. The largest absolute Gasteiger partial charge is 0.416 e. The van der Waals surface area contributed by atoms with E-state index in [-0.39, 0.29) is 24.6 Å². The molecule has 0 radical (unpaired) electrons. The van der Waals surface area contributed by atoms with E-state index in [4.69, 9.17) is 11.5 Å². The number of hydrogen-bond acceptors (Lipinski definition) is 2. The summed E-state index contributed by atoms with van der Waals surface area (Å²) < 4.78 is 75.5. The van der Waals surface area contributed by atoms with Gasteiger partial charge < -0.3 is 11.5 Å². The Bertz CT molecular complexity index is 438. The third kappa shape index (κ3) is 3.84. The zero-order valence-electron chi connectivity index (χ0n) is 9.65. The Labute approximate surface area is 105 Å². The van der Waals surface area contributed by atoms with Crippen LogP contribution in [0.5, 0.6) is 0 Å². The molecule has 0 amide bonds. The van der Waals surface area contributed by atoms with E-state index >= 15 is 0 Å². The minimum Gasteiger partial charge on any atom is -0.330 e. The van der Waals surface area contributed by atoms with E-state index in [9.17, 15) is 26.3 Å². The third-order valence-corrected chi connectivity index (χ3v) is 2.56. The van der Waals surface area contributed by atoms with Gasteiger partial charge in [0.05, 0.1) is 11.1 Å². The number of alkyl halides is 6. The van der Waals surface area contributed by atoms with E-state index in [0.29, 0.717) is 6.07 Å². The van der Waals surface area contributed by atoms with E-state index < -0.39 is 29.5 Å². The molecule has 0 aliphatic carbocycles. The molecule has 0 fully saturated rings. The Morgan fingerprint density at radius 3 is 2.00 bits per heavy atom. The first-order valence-corrected chi connectivity index (χ1v) is 5.31. The maximum Gasteiger partial charge on any atom is 0.416 e. The van der Waals surface area contributed by atoms with Crippen molar-refractivity contribution in [1.29, 1.82) is 0 Å². The van der Waals surface area contributed by atoms with Crippen LogP contribution in [0.25, 0.3) is 0 Å². The van der Waals surface area contributed by atoms with E-state index in [1.165, 1.54) is 0 Å². The molecule has 1 aromatic rings. The van der Waals surface area contributed by atoms with Gasteiger partial charge in [0.25, 0.3) is 0 Å². The van der Waals surface area contributed by atoms with Crippen LogP contribution in [0, 0.1) is 0 Å².